The lowest BCUT2D eigenvalue weighted by Crippen LogP contribution is -2.23. The van der Waals surface area contributed by atoms with Crippen LogP contribution in [0.4, 0.5) is 0 Å². The Bertz CT molecular complexity index is 832. The Morgan fingerprint density at radius 3 is 2.78 bits per heavy atom. The average Bonchev–Trinajstić information content (AvgIpc) is 3.15. The number of aryl methyl sites for hydroxylation is 3. The van der Waals surface area contributed by atoms with Crippen LogP contribution >= 0.6 is 0 Å². The number of hydrogen-bond donors (Lipinski definition) is 1. The fourth-order valence-electron chi connectivity index (χ4n) is 2.60. The molecule has 5 nitrogen and oxygen atoms in total. The molecule has 0 spiro atoms. The summed E-state index contributed by atoms with van der Waals surface area (Å²) in [6.07, 6.45) is 1.58. The molecule has 0 bridgehead atoms. The molecule has 0 unspecified atom stereocenters. The molecule has 0 saturated carbocycles. The number of aromatic nitrogens is 2. The third kappa shape index (κ3) is 3.18. The number of nitrogens with zero attached hydrogens (tertiary/aromatic N) is 2. The van der Waals surface area contributed by atoms with Crippen molar-refractivity contribution in [1.29, 1.82) is 0 Å². The molecule has 0 aliphatic rings. The van der Waals surface area contributed by atoms with Crippen LogP contribution in [-0.4, -0.2) is 15.7 Å². The molecule has 1 aromatic carbocycles. The highest BCUT2D eigenvalue weighted by atomic mass is 16.3. The molecule has 0 fully saturated rings. The van der Waals surface area contributed by atoms with Gasteiger partial charge in [0.2, 0.25) is 0 Å². The van der Waals surface area contributed by atoms with Gasteiger partial charge in [-0.3, -0.25) is 9.48 Å². The molecule has 3 rings (SSSR count). The Morgan fingerprint density at radius 2 is 2.09 bits per heavy atom. The predicted molar refractivity (Wildman–Crippen MR) is 88.0 cm³/mol. The van der Waals surface area contributed by atoms with Crippen LogP contribution in [0.5, 0.6) is 0 Å². The first kappa shape index (κ1) is 15.1. The van der Waals surface area contributed by atoms with Gasteiger partial charge in [0.05, 0.1) is 18.5 Å². The van der Waals surface area contributed by atoms with E-state index in [4.69, 9.17) is 4.42 Å². The summed E-state index contributed by atoms with van der Waals surface area (Å²) in [6.45, 7) is 4.47. The lowest BCUT2D eigenvalue weighted by atomic mass is 10.0. The Morgan fingerprint density at radius 1 is 1.26 bits per heavy atom. The smallest absolute Gasteiger partial charge is 0.272 e. The lowest BCUT2D eigenvalue weighted by molar-refractivity contribution is 0.0942. The quantitative estimate of drug-likeness (QED) is 0.805. The molecule has 2 heterocycles. The highest BCUT2D eigenvalue weighted by Crippen LogP contribution is 2.24. The summed E-state index contributed by atoms with van der Waals surface area (Å²) in [5.74, 6) is 0.497. The van der Waals surface area contributed by atoms with E-state index < -0.39 is 0 Å². The van der Waals surface area contributed by atoms with Gasteiger partial charge < -0.3 is 9.73 Å². The predicted octanol–water partition coefficient (Wildman–Crippen LogP) is 3.23. The van der Waals surface area contributed by atoms with Crippen LogP contribution in [0, 0.1) is 13.8 Å². The minimum absolute atomic E-state index is 0.215. The summed E-state index contributed by atoms with van der Waals surface area (Å²) >= 11 is 0. The Labute approximate surface area is 134 Å². The minimum Gasteiger partial charge on any atom is -0.467 e. The van der Waals surface area contributed by atoms with Gasteiger partial charge in [-0.15, -0.1) is 0 Å². The van der Waals surface area contributed by atoms with E-state index in [9.17, 15) is 4.79 Å². The number of carbonyl (C=O) groups is 1. The van der Waals surface area contributed by atoms with Crippen molar-refractivity contribution in [3.63, 3.8) is 0 Å². The maximum absolute atomic E-state index is 12.2. The van der Waals surface area contributed by atoms with E-state index in [1.807, 2.05) is 19.2 Å². The van der Waals surface area contributed by atoms with Gasteiger partial charge in [0.25, 0.3) is 5.91 Å². The number of nitrogens with one attached hydrogen (secondary N) is 1. The van der Waals surface area contributed by atoms with Gasteiger partial charge in [-0.1, -0.05) is 23.8 Å². The molecule has 0 atom stereocenters. The lowest BCUT2D eigenvalue weighted by Gasteiger charge is -2.06. The second-order valence-corrected chi connectivity index (χ2v) is 5.62. The zero-order valence-corrected chi connectivity index (χ0v) is 13.5. The molecule has 118 valence electrons. The molecule has 0 radical (unpaired) electrons. The van der Waals surface area contributed by atoms with Crippen molar-refractivity contribution >= 4 is 5.91 Å². The summed E-state index contributed by atoms with van der Waals surface area (Å²) < 4.78 is 6.94. The molecule has 0 aliphatic carbocycles. The minimum atomic E-state index is -0.215. The van der Waals surface area contributed by atoms with Gasteiger partial charge in [0, 0.05) is 12.6 Å². The molecule has 0 saturated heterocycles. The topological polar surface area (TPSA) is 60.1 Å². The number of furan rings is 1. The molecule has 1 amide bonds. The third-order valence-corrected chi connectivity index (χ3v) is 3.77. The first-order valence-corrected chi connectivity index (χ1v) is 7.47. The molecule has 1 N–H and O–H groups in total. The Balaban J connectivity index is 1.81. The van der Waals surface area contributed by atoms with Crippen molar-refractivity contribution in [1.82, 2.24) is 15.1 Å². The molecular weight excluding hydrogens is 290 g/mol. The zero-order valence-electron chi connectivity index (χ0n) is 13.5. The van der Waals surface area contributed by atoms with Crippen molar-refractivity contribution in [3.8, 4) is 11.3 Å². The van der Waals surface area contributed by atoms with E-state index in [-0.39, 0.29) is 5.91 Å². The van der Waals surface area contributed by atoms with Gasteiger partial charge in [-0.25, -0.2) is 0 Å². The molecule has 3 aromatic rings. The highest BCUT2D eigenvalue weighted by molar-refractivity contribution is 5.93. The zero-order chi connectivity index (χ0) is 16.4. The molecule has 23 heavy (non-hydrogen) atoms. The van der Waals surface area contributed by atoms with E-state index in [2.05, 4.69) is 42.5 Å². The maximum atomic E-state index is 12.2. The second-order valence-electron chi connectivity index (χ2n) is 5.62. The van der Waals surface area contributed by atoms with Crippen molar-refractivity contribution in [3.05, 3.63) is 65.2 Å². The summed E-state index contributed by atoms with van der Waals surface area (Å²) in [6, 6.07) is 11.7. The maximum Gasteiger partial charge on any atom is 0.272 e. The van der Waals surface area contributed by atoms with Crippen LogP contribution in [0.2, 0.25) is 0 Å². The van der Waals surface area contributed by atoms with Crippen LogP contribution in [0.25, 0.3) is 11.3 Å². The normalized spacial score (nSPS) is 10.7. The number of benzene rings is 1. The van der Waals surface area contributed by atoms with Crippen LogP contribution in [0.3, 0.4) is 0 Å². The Hall–Kier alpha value is -2.82. The first-order chi connectivity index (χ1) is 11.0. The number of rotatable bonds is 4. The molecular formula is C18H19N3O2. The highest BCUT2D eigenvalue weighted by Gasteiger charge is 2.15. The second kappa shape index (κ2) is 6.12. The van der Waals surface area contributed by atoms with E-state index in [0.29, 0.717) is 18.0 Å². The van der Waals surface area contributed by atoms with Crippen LogP contribution in [0.1, 0.15) is 27.4 Å². The van der Waals surface area contributed by atoms with E-state index >= 15 is 0 Å². The van der Waals surface area contributed by atoms with Gasteiger partial charge in [-0.2, -0.15) is 5.10 Å². The number of amides is 1. The third-order valence-electron chi connectivity index (χ3n) is 3.77. The van der Waals surface area contributed by atoms with Crippen LogP contribution in [-0.2, 0) is 13.6 Å². The van der Waals surface area contributed by atoms with Crippen molar-refractivity contribution in [2.24, 2.45) is 7.05 Å². The van der Waals surface area contributed by atoms with E-state index in [1.165, 1.54) is 5.56 Å². The monoisotopic (exact) mass is 309 g/mol. The van der Waals surface area contributed by atoms with Crippen molar-refractivity contribution in [2.75, 3.05) is 0 Å². The first-order valence-electron chi connectivity index (χ1n) is 7.47. The summed E-state index contributed by atoms with van der Waals surface area (Å²) in [7, 11) is 1.85. The fraction of sp³-hybridized carbons (Fsp3) is 0.222. The number of hydrogen-bond acceptors (Lipinski definition) is 3. The van der Waals surface area contributed by atoms with Gasteiger partial charge >= 0.3 is 0 Å². The van der Waals surface area contributed by atoms with E-state index in [0.717, 1.165) is 16.8 Å². The summed E-state index contributed by atoms with van der Waals surface area (Å²) in [4.78, 5) is 12.2. The van der Waals surface area contributed by atoms with E-state index in [1.54, 1.807) is 17.0 Å². The molecule has 0 aliphatic heterocycles. The average molecular weight is 309 g/mol. The molecule has 2 aromatic heterocycles. The summed E-state index contributed by atoms with van der Waals surface area (Å²) in [5, 5.41) is 7.13. The van der Waals surface area contributed by atoms with Crippen LogP contribution < -0.4 is 5.32 Å². The van der Waals surface area contributed by atoms with Gasteiger partial charge in [0.1, 0.15) is 5.76 Å². The van der Waals surface area contributed by atoms with Gasteiger partial charge in [-0.05, 0) is 37.6 Å². The largest absolute Gasteiger partial charge is 0.467 e. The van der Waals surface area contributed by atoms with Crippen molar-refractivity contribution < 1.29 is 9.21 Å². The van der Waals surface area contributed by atoms with Crippen LogP contribution in [0.15, 0.2) is 47.1 Å². The summed E-state index contributed by atoms with van der Waals surface area (Å²) in [5.41, 5.74) is 4.77. The van der Waals surface area contributed by atoms with Gasteiger partial charge in [0.15, 0.2) is 5.69 Å². The fourth-order valence-corrected chi connectivity index (χ4v) is 2.60. The molecule has 5 heteroatoms. The number of carbonyl (C=O) groups excluding carboxylic acids is 1. The standard InChI is InChI=1S/C18H19N3O2/c1-12-6-7-15(13(2)9-12)17-10-16(20-21(17)3)18(22)19-11-14-5-4-8-23-14/h4-10H,11H2,1-3H3,(H,19,22). The Kier molecular flexibility index (Phi) is 4.02. The van der Waals surface area contributed by atoms with Crippen molar-refractivity contribution in [2.45, 2.75) is 20.4 Å². The SMILES string of the molecule is Cc1ccc(-c2cc(C(=O)NCc3ccco3)nn2C)c(C)c1.